The summed E-state index contributed by atoms with van der Waals surface area (Å²) in [6.45, 7) is 1.12. The number of aromatic nitrogens is 2. The van der Waals surface area contributed by atoms with Crippen LogP contribution in [0.3, 0.4) is 0 Å². The van der Waals surface area contributed by atoms with Crippen molar-refractivity contribution >= 4 is 28.8 Å². The Balaban J connectivity index is 2.93. The number of halogens is 4. The summed E-state index contributed by atoms with van der Waals surface area (Å²) in [4.78, 5) is -0.599. The predicted molar refractivity (Wildman–Crippen MR) is 58.3 cm³/mol. The van der Waals surface area contributed by atoms with Gasteiger partial charge >= 0.3 is 6.18 Å². The summed E-state index contributed by atoms with van der Waals surface area (Å²) in [5.74, 6) is -1.89. The van der Waals surface area contributed by atoms with Crippen LogP contribution < -0.4 is 5.73 Å². The highest BCUT2D eigenvalue weighted by atomic mass is 35.5. The minimum atomic E-state index is -4.48. The molecule has 0 aromatic carbocycles. The smallest absolute Gasteiger partial charge is 0.393 e. The molecule has 0 spiro atoms. The molecule has 0 saturated heterocycles. The van der Waals surface area contributed by atoms with Crippen molar-refractivity contribution in [3.05, 3.63) is 16.9 Å². The van der Waals surface area contributed by atoms with Crippen LogP contribution in [0.5, 0.6) is 0 Å². The Hall–Kier alpha value is -0.820. The van der Waals surface area contributed by atoms with E-state index in [4.69, 9.17) is 17.3 Å². The summed E-state index contributed by atoms with van der Waals surface area (Å²) >= 11 is 10.1. The molecule has 90 valence electrons. The van der Waals surface area contributed by atoms with Crippen LogP contribution in [0.25, 0.3) is 0 Å². The maximum Gasteiger partial charge on any atom is 0.399 e. The molecule has 0 aliphatic rings. The monoisotopic (exact) mass is 271 g/mol. The van der Waals surface area contributed by atoms with Gasteiger partial charge in [0.15, 0.2) is 0 Å². The Morgan fingerprint density at radius 2 is 2.25 bits per heavy atom. The zero-order valence-corrected chi connectivity index (χ0v) is 9.83. The normalized spacial score (nSPS) is 13.8. The molecule has 0 radical (unpaired) electrons. The average Bonchev–Trinajstić information content (AvgIpc) is 2.42. The van der Waals surface area contributed by atoms with Crippen LogP contribution in [0.1, 0.15) is 5.69 Å². The van der Waals surface area contributed by atoms with Crippen LogP contribution in [0.15, 0.2) is 6.20 Å². The third kappa shape index (κ3) is 2.85. The van der Waals surface area contributed by atoms with Crippen molar-refractivity contribution in [3.8, 4) is 0 Å². The van der Waals surface area contributed by atoms with Gasteiger partial charge in [-0.3, -0.25) is 4.68 Å². The first kappa shape index (κ1) is 13.2. The number of nitrogens with two attached hydrogens (primary N) is 1. The topological polar surface area (TPSA) is 43.8 Å². The van der Waals surface area contributed by atoms with Crippen LogP contribution in [0, 0.1) is 12.8 Å². The van der Waals surface area contributed by atoms with Gasteiger partial charge in [-0.2, -0.15) is 18.3 Å². The number of rotatable bonds is 3. The van der Waals surface area contributed by atoms with Crippen molar-refractivity contribution in [3.63, 3.8) is 0 Å². The number of alkyl halides is 3. The fourth-order valence-electron chi connectivity index (χ4n) is 1.14. The molecule has 0 saturated carbocycles. The second kappa shape index (κ2) is 4.58. The molecule has 1 aromatic rings. The first-order valence-corrected chi connectivity index (χ1v) is 5.06. The van der Waals surface area contributed by atoms with Crippen LogP contribution in [0.2, 0.25) is 5.02 Å². The molecule has 0 amide bonds. The summed E-state index contributed by atoms with van der Waals surface area (Å²) in [6.07, 6.45) is -3.19. The molecular weight excluding hydrogens is 263 g/mol. The van der Waals surface area contributed by atoms with E-state index in [0.29, 0.717) is 10.7 Å². The van der Waals surface area contributed by atoms with E-state index in [2.05, 4.69) is 17.3 Å². The van der Waals surface area contributed by atoms with Crippen LogP contribution in [0.4, 0.5) is 13.2 Å². The Kier molecular flexibility index (Phi) is 3.80. The van der Waals surface area contributed by atoms with Gasteiger partial charge in [0.25, 0.3) is 0 Å². The minimum absolute atomic E-state index is 0.309. The van der Waals surface area contributed by atoms with Crippen molar-refractivity contribution in [2.45, 2.75) is 19.6 Å². The van der Waals surface area contributed by atoms with Crippen LogP contribution in [-0.2, 0) is 6.54 Å². The second-order valence-corrected chi connectivity index (χ2v) is 4.14. The number of hydrogen-bond donors (Lipinski definition) is 1. The summed E-state index contributed by atoms with van der Waals surface area (Å²) in [5.41, 5.74) is 5.52. The van der Waals surface area contributed by atoms with Gasteiger partial charge in [-0.15, -0.1) is 0 Å². The molecule has 16 heavy (non-hydrogen) atoms. The van der Waals surface area contributed by atoms with Gasteiger partial charge in [-0.1, -0.05) is 23.8 Å². The van der Waals surface area contributed by atoms with E-state index < -0.39 is 23.6 Å². The highest BCUT2D eigenvalue weighted by molar-refractivity contribution is 7.80. The standard InChI is InChI=1S/C8H9ClF3N3S/c1-4-6(9)2-14-15(4)3-5(7(13)16)8(10,11)12/h2,5H,3H2,1H3,(H2,13,16). The van der Waals surface area contributed by atoms with Gasteiger partial charge < -0.3 is 5.73 Å². The Morgan fingerprint density at radius 1 is 1.69 bits per heavy atom. The SMILES string of the molecule is Cc1c(Cl)cnn1CC(C(N)=S)C(F)(F)F. The first-order valence-electron chi connectivity index (χ1n) is 4.27. The zero-order chi connectivity index (χ0) is 12.5. The molecule has 0 fully saturated rings. The van der Waals surface area contributed by atoms with E-state index in [9.17, 15) is 13.2 Å². The third-order valence-corrected chi connectivity index (χ3v) is 2.79. The molecule has 1 heterocycles. The lowest BCUT2D eigenvalue weighted by molar-refractivity contribution is -0.158. The molecule has 0 bridgehead atoms. The van der Waals surface area contributed by atoms with Crippen molar-refractivity contribution in [1.29, 1.82) is 0 Å². The quantitative estimate of drug-likeness (QED) is 0.858. The molecule has 0 aliphatic carbocycles. The van der Waals surface area contributed by atoms with Crippen molar-refractivity contribution in [1.82, 2.24) is 9.78 Å². The number of thiocarbonyl (C=S) groups is 1. The van der Waals surface area contributed by atoms with Gasteiger partial charge in [0, 0.05) is 0 Å². The molecule has 1 rings (SSSR count). The molecular formula is C8H9ClF3N3S. The molecule has 2 N–H and O–H groups in total. The Morgan fingerprint density at radius 3 is 2.56 bits per heavy atom. The van der Waals surface area contributed by atoms with E-state index >= 15 is 0 Å². The molecule has 1 aromatic heterocycles. The minimum Gasteiger partial charge on any atom is -0.393 e. The summed E-state index contributed by atoms with van der Waals surface area (Å²) in [5, 5.41) is 4.03. The van der Waals surface area contributed by atoms with Gasteiger partial charge in [0.05, 0.1) is 28.4 Å². The van der Waals surface area contributed by atoms with Crippen LogP contribution in [-0.4, -0.2) is 20.9 Å². The summed E-state index contributed by atoms with van der Waals surface area (Å²) in [7, 11) is 0. The van der Waals surface area contributed by atoms with Gasteiger partial charge in [-0.05, 0) is 6.92 Å². The summed E-state index contributed by atoms with van der Waals surface area (Å²) < 4.78 is 38.8. The lowest BCUT2D eigenvalue weighted by Crippen LogP contribution is -2.38. The predicted octanol–water partition coefficient (Wildman–Crippen LogP) is 2.31. The lowest BCUT2D eigenvalue weighted by atomic mass is 10.1. The highest BCUT2D eigenvalue weighted by Crippen LogP contribution is 2.28. The second-order valence-electron chi connectivity index (χ2n) is 3.26. The lowest BCUT2D eigenvalue weighted by Gasteiger charge is -2.19. The molecule has 0 aliphatic heterocycles. The fraction of sp³-hybridized carbons (Fsp3) is 0.500. The largest absolute Gasteiger partial charge is 0.399 e. The summed E-state index contributed by atoms with van der Waals surface area (Å²) in [6, 6.07) is 0. The first-order chi connectivity index (χ1) is 7.23. The van der Waals surface area contributed by atoms with Crippen molar-refractivity contribution in [2.24, 2.45) is 11.7 Å². The van der Waals surface area contributed by atoms with Crippen LogP contribution >= 0.6 is 23.8 Å². The van der Waals surface area contributed by atoms with E-state index in [1.54, 1.807) is 6.92 Å². The Bertz CT molecular complexity index is 402. The highest BCUT2D eigenvalue weighted by Gasteiger charge is 2.42. The van der Waals surface area contributed by atoms with E-state index in [0.717, 1.165) is 4.68 Å². The molecule has 1 unspecified atom stereocenters. The van der Waals surface area contributed by atoms with E-state index in [-0.39, 0.29) is 0 Å². The zero-order valence-electron chi connectivity index (χ0n) is 8.25. The molecule has 8 heteroatoms. The molecule has 1 atom stereocenters. The fourth-order valence-corrected chi connectivity index (χ4v) is 1.48. The molecule has 3 nitrogen and oxygen atoms in total. The van der Waals surface area contributed by atoms with Gasteiger partial charge in [0.1, 0.15) is 5.92 Å². The van der Waals surface area contributed by atoms with Gasteiger partial charge in [-0.25, -0.2) is 0 Å². The van der Waals surface area contributed by atoms with Crippen molar-refractivity contribution in [2.75, 3.05) is 0 Å². The third-order valence-electron chi connectivity index (χ3n) is 2.14. The Labute approximate surface area is 100 Å². The maximum atomic E-state index is 12.6. The maximum absolute atomic E-state index is 12.6. The average molecular weight is 272 g/mol. The van der Waals surface area contributed by atoms with Crippen molar-refractivity contribution < 1.29 is 13.2 Å². The van der Waals surface area contributed by atoms with Gasteiger partial charge in [0.2, 0.25) is 0 Å². The number of hydrogen-bond acceptors (Lipinski definition) is 2. The number of nitrogens with zero attached hydrogens (tertiary/aromatic N) is 2. The van der Waals surface area contributed by atoms with E-state index in [1.165, 1.54) is 6.20 Å². The van der Waals surface area contributed by atoms with E-state index in [1.807, 2.05) is 0 Å².